The summed E-state index contributed by atoms with van der Waals surface area (Å²) in [5, 5.41) is 5.21. The van der Waals surface area contributed by atoms with Gasteiger partial charge in [0.05, 0.1) is 10.6 Å². The summed E-state index contributed by atoms with van der Waals surface area (Å²) in [4.78, 5) is 16.9. The third-order valence-corrected chi connectivity index (χ3v) is 7.44. The number of amides is 1. The van der Waals surface area contributed by atoms with E-state index in [1.807, 2.05) is 6.92 Å². The Hall–Kier alpha value is -1.70. The van der Waals surface area contributed by atoms with E-state index in [4.69, 9.17) is 11.6 Å². The molecule has 1 N–H and O–H groups in total. The smallest absolute Gasteiger partial charge is 0.248 e. The maximum absolute atomic E-state index is 12.8. The molecule has 1 aromatic carbocycles. The van der Waals surface area contributed by atoms with E-state index in [0.29, 0.717) is 28.7 Å². The van der Waals surface area contributed by atoms with Crippen LogP contribution < -0.4 is 5.32 Å². The number of hydrogen-bond donors (Lipinski definition) is 1. The number of thiazole rings is 1. The lowest BCUT2D eigenvalue weighted by Crippen LogP contribution is -2.37. The Morgan fingerprint density at radius 1 is 1.33 bits per heavy atom. The highest BCUT2D eigenvalue weighted by atomic mass is 35.5. The van der Waals surface area contributed by atoms with E-state index < -0.39 is 20.5 Å². The first-order chi connectivity index (χ1) is 11.3. The highest BCUT2D eigenvalue weighted by molar-refractivity contribution is 7.94. The lowest BCUT2D eigenvalue weighted by atomic mass is 10.3. The van der Waals surface area contributed by atoms with Gasteiger partial charge >= 0.3 is 0 Å². The first-order valence-electron chi connectivity index (χ1n) is 7.19. The Morgan fingerprint density at radius 3 is 2.46 bits per heavy atom. The normalized spacial score (nSPS) is 15.8. The molecule has 126 valence electrons. The van der Waals surface area contributed by atoms with Crippen molar-refractivity contribution in [2.24, 2.45) is 0 Å². The number of carbonyl (C=O) groups is 1. The number of anilines is 1. The molecule has 5 nitrogen and oxygen atoms in total. The van der Waals surface area contributed by atoms with Crippen LogP contribution in [0, 0.1) is 0 Å². The first kappa shape index (κ1) is 17.1. The van der Waals surface area contributed by atoms with Crippen molar-refractivity contribution in [3.63, 3.8) is 0 Å². The second-order valence-corrected chi connectivity index (χ2v) is 9.28. The van der Waals surface area contributed by atoms with Crippen molar-refractivity contribution < 1.29 is 13.2 Å². The van der Waals surface area contributed by atoms with Crippen molar-refractivity contribution in [2.75, 3.05) is 5.32 Å². The number of benzene rings is 1. The van der Waals surface area contributed by atoms with Crippen LogP contribution >= 0.6 is 22.9 Å². The molecule has 1 aliphatic carbocycles. The van der Waals surface area contributed by atoms with Gasteiger partial charge in [0.2, 0.25) is 5.91 Å². The fourth-order valence-corrected chi connectivity index (χ4v) is 5.09. The van der Waals surface area contributed by atoms with Crippen LogP contribution in [0.5, 0.6) is 0 Å². The molecule has 0 aliphatic heterocycles. The van der Waals surface area contributed by atoms with Gasteiger partial charge in [0.15, 0.2) is 19.7 Å². The maximum Gasteiger partial charge on any atom is 0.248 e. The molecule has 2 aromatic rings. The molecule has 1 amide bonds. The molecule has 0 radical (unpaired) electrons. The van der Waals surface area contributed by atoms with E-state index in [0.717, 1.165) is 5.57 Å². The predicted molar refractivity (Wildman–Crippen MR) is 96.1 cm³/mol. The number of aromatic nitrogens is 1. The molecular weight excluding hydrogens is 368 g/mol. The predicted octanol–water partition coefficient (Wildman–Crippen LogP) is 3.77. The fourth-order valence-electron chi connectivity index (χ4n) is 2.31. The summed E-state index contributed by atoms with van der Waals surface area (Å²) in [5.41, 5.74) is 1.46. The fraction of sp³-hybridized carbons (Fsp3) is 0.250. The summed E-state index contributed by atoms with van der Waals surface area (Å²) in [6.45, 7) is 5.60. The summed E-state index contributed by atoms with van der Waals surface area (Å²) in [6, 6.07) is 5.85. The highest BCUT2D eigenvalue weighted by Crippen LogP contribution is 2.47. The molecule has 0 unspecified atom stereocenters. The zero-order valence-corrected chi connectivity index (χ0v) is 15.3. The van der Waals surface area contributed by atoms with Crippen LogP contribution in [0.3, 0.4) is 0 Å². The van der Waals surface area contributed by atoms with Gasteiger partial charge in [-0.15, -0.1) is 11.3 Å². The van der Waals surface area contributed by atoms with E-state index in [1.165, 1.54) is 35.6 Å². The van der Waals surface area contributed by atoms with Crippen LogP contribution in [0.2, 0.25) is 5.02 Å². The van der Waals surface area contributed by atoms with E-state index >= 15 is 0 Å². The van der Waals surface area contributed by atoms with Crippen molar-refractivity contribution in [2.45, 2.75) is 29.4 Å². The number of nitrogens with one attached hydrogen (secondary N) is 1. The average molecular weight is 383 g/mol. The van der Waals surface area contributed by atoms with Crippen molar-refractivity contribution in [1.29, 1.82) is 0 Å². The van der Waals surface area contributed by atoms with Crippen LogP contribution in [0.15, 0.2) is 41.1 Å². The molecule has 0 bridgehead atoms. The van der Waals surface area contributed by atoms with E-state index in [9.17, 15) is 13.2 Å². The number of hydrogen-bond acceptors (Lipinski definition) is 5. The van der Waals surface area contributed by atoms with Gasteiger partial charge in [-0.3, -0.25) is 4.79 Å². The Labute approximate surface area is 149 Å². The third-order valence-electron chi connectivity index (χ3n) is 3.92. The number of halogens is 1. The Balaban J connectivity index is 1.85. The highest BCUT2D eigenvalue weighted by Gasteiger charge is 2.61. The van der Waals surface area contributed by atoms with Crippen molar-refractivity contribution in [3.05, 3.63) is 46.9 Å². The van der Waals surface area contributed by atoms with Gasteiger partial charge in [0.25, 0.3) is 0 Å². The zero-order chi connectivity index (χ0) is 17.5. The molecule has 0 saturated heterocycles. The van der Waals surface area contributed by atoms with Crippen molar-refractivity contribution >= 4 is 49.4 Å². The lowest BCUT2D eigenvalue weighted by Gasteiger charge is -2.15. The van der Waals surface area contributed by atoms with Crippen LogP contribution in [-0.2, 0) is 14.6 Å². The van der Waals surface area contributed by atoms with Crippen LogP contribution in [0.1, 0.15) is 25.5 Å². The monoisotopic (exact) mass is 382 g/mol. The van der Waals surface area contributed by atoms with E-state index in [2.05, 4.69) is 16.9 Å². The van der Waals surface area contributed by atoms with Crippen LogP contribution in [-0.4, -0.2) is 24.1 Å². The Bertz CT molecular complexity index is 913. The molecule has 1 fully saturated rings. The number of allylic oxidation sites excluding steroid dienone is 1. The summed E-state index contributed by atoms with van der Waals surface area (Å²) < 4.78 is 24.3. The largest absolute Gasteiger partial charge is 0.301 e. The number of sulfone groups is 1. The van der Waals surface area contributed by atoms with E-state index in [-0.39, 0.29) is 4.90 Å². The Kier molecular flexibility index (Phi) is 4.27. The van der Waals surface area contributed by atoms with Gasteiger partial charge in [0, 0.05) is 10.4 Å². The summed E-state index contributed by atoms with van der Waals surface area (Å²) in [6.07, 6.45) is 0.588. The maximum atomic E-state index is 12.8. The molecule has 1 heterocycles. The SMILES string of the molecule is C=C(C)c1csc(NC(=O)C2(S(=O)(=O)c3ccc(Cl)cc3)CC2)n1. The molecule has 0 spiro atoms. The standard InChI is InChI=1S/C16H15ClN2O3S2/c1-10(2)13-9-23-15(18-13)19-14(20)16(7-8-16)24(21,22)12-5-3-11(17)4-6-12/h3-6,9H,1,7-8H2,2H3,(H,18,19,20). The molecule has 3 rings (SSSR count). The number of nitrogens with zero attached hydrogens (tertiary/aromatic N) is 1. The molecule has 8 heteroatoms. The van der Waals surface area contributed by atoms with Gasteiger partial charge in [0.1, 0.15) is 0 Å². The minimum Gasteiger partial charge on any atom is -0.301 e. The van der Waals surface area contributed by atoms with Gasteiger partial charge in [-0.1, -0.05) is 18.2 Å². The first-order valence-corrected chi connectivity index (χ1v) is 9.93. The molecule has 1 aromatic heterocycles. The summed E-state index contributed by atoms with van der Waals surface area (Å²) in [5.74, 6) is -0.542. The topological polar surface area (TPSA) is 76.1 Å². The molecule has 1 aliphatic rings. The summed E-state index contributed by atoms with van der Waals surface area (Å²) in [7, 11) is -3.78. The number of carbonyl (C=O) groups excluding carboxylic acids is 1. The summed E-state index contributed by atoms with van der Waals surface area (Å²) >= 11 is 7.04. The number of rotatable bonds is 5. The van der Waals surface area contributed by atoms with Gasteiger partial charge in [-0.25, -0.2) is 13.4 Å². The second-order valence-electron chi connectivity index (χ2n) is 5.72. The molecule has 0 atom stereocenters. The van der Waals surface area contributed by atoms with Gasteiger partial charge < -0.3 is 5.32 Å². The van der Waals surface area contributed by atoms with Gasteiger partial charge in [-0.05, 0) is 49.6 Å². The van der Waals surface area contributed by atoms with Crippen LogP contribution in [0.4, 0.5) is 5.13 Å². The van der Waals surface area contributed by atoms with E-state index in [1.54, 1.807) is 5.38 Å². The van der Waals surface area contributed by atoms with Crippen molar-refractivity contribution in [3.8, 4) is 0 Å². The minimum atomic E-state index is -3.78. The zero-order valence-electron chi connectivity index (χ0n) is 12.9. The molecule has 24 heavy (non-hydrogen) atoms. The van der Waals surface area contributed by atoms with Gasteiger partial charge in [-0.2, -0.15) is 0 Å². The molecular formula is C16H15ClN2O3S2. The lowest BCUT2D eigenvalue weighted by molar-refractivity contribution is -0.116. The average Bonchev–Trinajstić information content (AvgIpc) is 3.23. The van der Waals surface area contributed by atoms with Crippen LogP contribution in [0.25, 0.3) is 5.57 Å². The third kappa shape index (κ3) is 2.87. The second kappa shape index (κ2) is 5.98. The quantitative estimate of drug-likeness (QED) is 0.853. The molecule has 1 saturated carbocycles. The minimum absolute atomic E-state index is 0.0984. The Morgan fingerprint density at radius 2 is 1.96 bits per heavy atom. The van der Waals surface area contributed by atoms with Crippen molar-refractivity contribution in [1.82, 2.24) is 4.98 Å².